The second-order valence-corrected chi connectivity index (χ2v) is 5.87. The van der Waals surface area contributed by atoms with Gasteiger partial charge in [-0.15, -0.1) is 0 Å². The monoisotopic (exact) mass is 283 g/mol. The number of amides is 1. The highest BCUT2D eigenvalue weighted by atomic mass is 16.1. The SMILES string of the molecule is Cc1nc(-c2ccccc2)ccc1C(=O)NCC(C)(C)N. The quantitative estimate of drug-likeness (QED) is 0.906. The molecule has 0 aliphatic carbocycles. The van der Waals surface area contributed by atoms with E-state index in [0.717, 1.165) is 11.3 Å². The number of hydrogen-bond acceptors (Lipinski definition) is 3. The highest BCUT2D eigenvalue weighted by Gasteiger charge is 2.15. The minimum atomic E-state index is -0.430. The first-order valence-electron chi connectivity index (χ1n) is 6.97. The van der Waals surface area contributed by atoms with Crippen molar-refractivity contribution in [1.29, 1.82) is 0 Å². The molecule has 0 fully saturated rings. The van der Waals surface area contributed by atoms with E-state index in [2.05, 4.69) is 10.3 Å². The van der Waals surface area contributed by atoms with Crippen molar-refractivity contribution in [2.45, 2.75) is 26.3 Å². The number of pyridine rings is 1. The van der Waals surface area contributed by atoms with Crippen LogP contribution in [0, 0.1) is 6.92 Å². The van der Waals surface area contributed by atoms with Gasteiger partial charge in [0.2, 0.25) is 0 Å². The summed E-state index contributed by atoms with van der Waals surface area (Å²) in [6.07, 6.45) is 0. The van der Waals surface area contributed by atoms with Crippen molar-refractivity contribution in [2.24, 2.45) is 5.73 Å². The van der Waals surface area contributed by atoms with E-state index in [4.69, 9.17) is 5.73 Å². The van der Waals surface area contributed by atoms with Gasteiger partial charge in [0.25, 0.3) is 5.91 Å². The molecule has 0 spiro atoms. The van der Waals surface area contributed by atoms with Crippen LogP contribution in [0.25, 0.3) is 11.3 Å². The molecule has 4 heteroatoms. The fourth-order valence-electron chi connectivity index (χ4n) is 1.97. The Bertz CT molecular complexity index is 630. The normalized spacial score (nSPS) is 11.2. The molecular weight excluding hydrogens is 262 g/mol. The number of nitrogens with one attached hydrogen (secondary N) is 1. The molecule has 0 bridgehead atoms. The summed E-state index contributed by atoms with van der Waals surface area (Å²) in [6.45, 7) is 6.01. The highest BCUT2D eigenvalue weighted by molar-refractivity contribution is 5.95. The van der Waals surface area contributed by atoms with Gasteiger partial charge in [0.15, 0.2) is 0 Å². The second-order valence-electron chi connectivity index (χ2n) is 5.87. The van der Waals surface area contributed by atoms with Crippen molar-refractivity contribution in [3.63, 3.8) is 0 Å². The van der Waals surface area contributed by atoms with Gasteiger partial charge >= 0.3 is 0 Å². The molecule has 21 heavy (non-hydrogen) atoms. The molecule has 1 heterocycles. The van der Waals surface area contributed by atoms with Gasteiger partial charge in [0, 0.05) is 17.6 Å². The van der Waals surface area contributed by atoms with Crippen molar-refractivity contribution in [3.8, 4) is 11.3 Å². The Morgan fingerprint density at radius 1 is 1.19 bits per heavy atom. The van der Waals surface area contributed by atoms with E-state index in [-0.39, 0.29) is 5.91 Å². The molecule has 1 aromatic carbocycles. The number of carbonyl (C=O) groups is 1. The van der Waals surface area contributed by atoms with Crippen molar-refractivity contribution >= 4 is 5.91 Å². The molecule has 1 aromatic heterocycles. The molecule has 0 atom stereocenters. The Hall–Kier alpha value is -2.20. The average Bonchev–Trinajstić information content (AvgIpc) is 2.45. The standard InChI is InChI=1S/C17H21N3O/c1-12-14(16(21)19-11-17(2,3)18)9-10-15(20-12)13-7-5-4-6-8-13/h4-10H,11,18H2,1-3H3,(H,19,21). The fraction of sp³-hybridized carbons (Fsp3) is 0.294. The Labute approximate surface area is 125 Å². The van der Waals surface area contributed by atoms with Crippen LogP contribution in [0.15, 0.2) is 42.5 Å². The zero-order valence-electron chi connectivity index (χ0n) is 12.7. The van der Waals surface area contributed by atoms with Gasteiger partial charge in [-0.05, 0) is 32.9 Å². The fourth-order valence-corrected chi connectivity index (χ4v) is 1.97. The third kappa shape index (κ3) is 4.13. The molecule has 1 amide bonds. The highest BCUT2D eigenvalue weighted by Crippen LogP contribution is 2.18. The number of carbonyl (C=O) groups excluding carboxylic acids is 1. The molecule has 0 unspecified atom stereocenters. The minimum Gasteiger partial charge on any atom is -0.350 e. The number of aromatic nitrogens is 1. The van der Waals surface area contributed by atoms with Crippen LogP contribution in [0.2, 0.25) is 0 Å². The molecule has 3 N–H and O–H groups in total. The predicted molar refractivity (Wildman–Crippen MR) is 85.0 cm³/mol. The molecule has 0 radical (unpaired) electrons. The molecule has 0 saturated heterocycles. The maximum atomic E-state index is 12.2. The summed E-state index contributed by atoms with van der Waals surface area (Å²) in [5, 5.41) is 2.84. The summed E-state index contributed by atoms with van der Waals surface area (Å²) in [7, 11) is 0. The van der Waals surface area contributed by atoms with E-state index in [1.807, 2.05) is 63.2 Å². The zero-order chi connectivity index (χ0) is 15.5. The Morgan fingerprint density at radius 2 is 1.86 bits per heavy atom. The van der Waals surface area contributed by atoms with Crippen LogP contribution >= 0.6 is 0 Å². The van der Waals surface area contributed by atoms with Gasteiger partial charge in [-0.2, -0.15) is 0 Å². The van der Waals surface area contributed by atoms with Crippen LogP contribution in [-0.4, -0.2) is 23.0 Å². The molecule has 110 valence electrons. The van der Waals surface area contributed by atoms with Crippen LogP contribution in [-0.2, 0) is 0 Å². The van der Waals surface area contributed by atoms with Gasteiger partial charge in [0.05, 0.1) is 17.0 Å². The summed E-state index contributed by atoms with van der Waals surface area (Å²) in [4.78, 5) is 16.7. The maximum absolute atomic E-state index is 12.2. The first kappa shape index (κ1) is 15.2. The lowest BCUT2D eigenvalue weighted by Crippen LogP contribution is -2.45. The van der Waals surface area contributed by atoms with Crippen molar-refractivity contribution in [2.75, 3.05) is 6.54 Å². The largest absolute Gasteiger partial charge is 0.350 e. The number of nitrogens with two attached hydrogens (primary N) is 1. The summed E-state index contributed by atoms with van der Waals surface area (Å²) in [5.41, 5.74) is 8.64. The van der Waals surface area contributed by atoms with Crippen LogP contribution in [0.5, 0.6) is 0 Å². The van der Waals surface area contributed by atoms with Crippen LogP contribution in [0.4, 0.5) is 0 Å². The molecule has 2 rings (SSSR count). The minimum absolute atomic E-state index is 0.141. The molecule has 0 aliphatic rings. The first-order valence-corrected chi connectivity index (χ1v) is 6.97. The van der Waals surface area contributed by atoms with Gasteiger partial charge in [-0.25, -0.2) is 0 Å². The number of benzene rings is 1. The molecular formula is C17H21N3O. The van der Waals surface area contributed by atoms with E-state index in [1.54, 1.807) is 0 Å². The first-order chi connectivity index (χ1) is 9.87. The Balaban J connectivity index is 2.18. The van der Waals surface area contributed by atoms with E-state index >= 15 is 0 Å². The van der Waals surface area contributed by atoms with Crippen molar-refractivity contribution < 1.29 is 4.79 Å². The van der Waals surface area contributed by atoms with Crippen LogP contribution in [0.1, 0.15) is 29.9 Å². The lowest BCUT2D eigenvalue weighted by Gasteiger charge is -2.19. The third-order valence-corrected chi connectivity index (χ3v) is 3.10. The molecule has 4 nitrogen and oxygen atoms in total. The van der Waals surface area contributed by atoms with Crippen molar-refractivity contribution in [1.82, 2.24) is 10.3 Å². The molecule has 0 saturated carbocycles. The number of nitrogens with zero attached hydrogens (tertiary/aromatic N) is 1. The topological polar surface area (TPSA) is 68.0 Å². The molecule has 0 aliphatic heterocycles. The lowest BCUT2D eigenvalue weighted by molar-refractivity contribution is 0.0945. The summed E-state index contributed by atoms with van der Waals surface area (Å²) >= 11 is 0. The Kier molecular flexibility index (Phi) is 4.38. The lowest BCUT2D eigenvalue weighted by atomic mass is 10.1. The molecule has 2 aromatic rings. The third-order valence-electron chi connectivity index (χ3n) is 3.10. The number of aryl methyl sites for hydroxylation is 1. The summed E-state index contributed by atoms with van der Waals surface area (Å²) < 4.78 is 0. The van der Waals surface area contributed by atoms with Gasteiger partial charge in [0.1, 0.15) is 0 Å². The van der Waals surface area contributed by atoms with Crippen LogP contribution in [0.3, 0.4) is 0 Å². The zero-order valence-corrected chi connectivity index (χ0v) is 12.7. The van der Waals surface area contributed by atoms with Crippen molar-refractivity contribution in [3.05, 3.63) is 53.7 Å². The predicted octanol–water partition coefficient (Wildman–Crippen LogP) is 2.52. The van der Waals surface area contributed by atoms with E-state index in [1.165, 1.54) is 0 Å². The number of hydrogen-bond donors (Lipinski definition) is 2. The smallest absolute Gasteiger partial charge is 0.253 e. The van der Waals surface area contributed by atoms with E-state index < -0.39 is 5.54 Å². The van der Waals surface area contributed by atoms with Crippen LogP contribution < -0.4 is 11.1 Å². The number of rotatable bonds is 4. The van der Waals surface area contributed by atoms with Gasteiger partial charge in [-0.3, -0.25) is 9.78 Å². The summed E-state index contributed by atoms with van der Waals surface area (Å²) in [6, 6.07) is 13.6. The van der Waals surface area contributed by atoms with E-state index in [9.17, 15) is 4.79 Å². The second kappa shape index (κ2) is 6.06. The average molecular weight is 283 g/mol. The van der Waals surface area contributed by atoms with E-state index in [0.29, 0.717) is 17.8 Å². The van der Waals surface area contributed by atoms with Gasteiger partial charge < -0.3 is 11.1 Å². The van der Waals surface area contributed by atoms with Gasteiger partial charge in [-0.1, -0.05) is 30.3 Å². The maximum Gasteiger partial charge on any atom is 0.253 e. The Morgan fingerprint density at radius 3 is 2.43 bits per heavy atom. The summed E-state index contributed by atoms with van der Waals surface area (Å²) in [5.74, 6) is -0.141.